The molecule has 28 heavy (non-hydrogen) atoms. The van der Waals surface area contributed by atoms with Gasteiger partial charge in [0.15, 0.2) is 5.82 Å². The predicted molar refractivity (Wildman–Crippen MR) is 109 cm³/mol. The van der Waals surface area contributed by atoms with E-state index in [1.165, 1.54) is 11.1 Å². The molecule has 0 atom stereocenters. The fraction of sp³-hybridized carbons (Fsp3) is 0.174. The van der Waals surface area contributed by atoms with Gasteiger partial charge >= 0.3 is 0 Å². The molecule has 2 heterocycles. The molecule has 0 unspecified atom stereocenters. The van der Waals surface area contributed by atoms with Gasteiger partial charge in [0, 0.05) is 29.3 Å². The molecule has 0 radical (unpaired) electrons. The van der Waals surface area contributed by atoms with E-state index in [0.29, 0.717) is 18.2 Å². The largest absolute Gasteiger partial charge is 0.309 e. The van der Waals surface area contributed by atoms with Gasteiger partial charge in [-0.25, -0.2) is 0 Å². The Labute approximate surface area is 162 Å². The highest BCUT2D eigenvalue weighted by atomic mass is 16.1. The molecular weight excluding hydrogens is 348 g/mol. The first-order valence-corrected chi connectivity index (χ1v) is 9.50. The number of carbonyl (C=O) groups excluding carboxylic acids is 1. The van der Waals surface area contributed by atoms with Crippen LogP contribution in [0.4, 0.5) is 5.82 Å². The monoisotopic (exact) mass is 368 g/mol. The third kappa shape index (κ3) is 3.27. The van der Waals surface area contributed by atoms with Crippen molar-refractivity contribution in [2.24, 2.45) is 0 Å². The summed E-state index contributed by atoms with van der Waals surface area (Å²) >= 11 is 0. The highest BCUT2D eigenvalue weighted by Gasteiger charge is 2.24. The van der Waals surface area contributed by atoms with Crippen molar-refractivity contribution < 1.29 is 4.79 Å². The lowest BCUT2D eigenvalue weighted by atomic mass is 10.0. The summed E-state index contributed by atoms with van der Waals surface area (Å²) < 4.78 is 0. The first-order valence-electron chi connectivity index (χ1n) is 9.50. The van der Waals surface area contributed by atoms with Crippen molar-refractivity contribution >= 4 is 22.6 Å². The van der Waals surface area contributed by atoms with Crippen LogP contribution in [0.15, 0.2) is 66.9 Å². The zero-order valence-electron chi connectivity index (χ0n) is 15.4. The number of nitrogens with one attached hydrogen (secondary N) is 2. The van der Waals surface area contributed by atoms with Gasteiger partial charge in [-0.15, -0.1) is 0 Å². The lowest BCUT2D eigenvalue weighted by Crippen LogP contribution is -2.14. The minimum atomic E-state index is -0.0731. The van der Waals surface area contributed by atoms with Crippen molar-refractivity contribution in [2.45, 2.75) is 25.2 Å². The summed E-state index contributed by atoms with van der Waals surface area (Å²) in [6.07, 6.45) is 4.10. The van der Waals surface area contributed by atoms with Gasteiger partial charge < -0.3 is 5.32 Å². The Morgan fingerprint density at radius 1 is 1.04 bits per heavy atom. The average molecular weight is 368 g/mol. The van der Waals surface area contributed by atoms with Crippen molar-refractivity contribution in [1.82, 2.24) is 15.2 Å². The average Bonchev–Trinajstić information content (AvgIpc) is 3.34. The minimum absolute atomic E-state index is 0.0731. The summed E-state index contributed by atoms with van der Waals surface area (Å²) in [5, 5.41) is 11.3. The summed E-state index contributed by atoms with van der Waals surface area (Å²) in [6.45, 7) is 0. The summed E-state index contributed by atoms with van der Waals surface area (Å²) in [4.78, 5) is 16.8. The third-order valence-electron chi connectivity index (χ3n) is 5.39. The van der Waals surface area contributed by atoms with Gasteiger partial charge in [-0.2, -0.15) is 5.10 Å². The number of H-pyrrole nitrogens is 1. The highest BCUT2D eigenvalue weighted by Crippen LogP contribution is 2.33. The zero-order valence-corrected chi connectivity index (χ0v) is 15.4. The normalized spacial score (nSPS) is 13.6. The van der Waals surface area contributed by atoms with Crippen LogP contribution in [-0.4, -0.2) is 21.1 Å². The van der Waals surface area contributed by atoms with E-state index in [4.69, 9.17) is 0 Å². The van der Waals surface area contributed by atoms with E-state index in [1.807, 2.05) is 36.4 Å². The molecule has 5 heteroatoms. The fourth-order valence-electron chi connectivity index (χ4n) is 4.00. The summed E-state index contributed by atoms with van der Waals surface area (Å²) in [5.41, 5.74) is 5.77. The Morgan fingerprint density at radius 3 is 2.68 bits per heavy atom. The van der Waals surface area contributed by atoms with Crippen LogP contribution in [0.25, 0.3) is 10.9 Å². The van der Waals surface area contributed by atoms with Crippen LogP contribution in [0.1, 0.15) is 28.3 Å². The Balaban J connectivity index is 1.25. The van der Waals surface area contributed by atoms with Gasteiger partial charge in [-0.1, -0.05) is 36.4 Å². The molecule has 0 spiro atoms. The maximum atomic E-state index is 12.4. The maximum absolute atomic E-state index is 12.4. The van der Waals surface area contributed by atoms with Crippen LogP contribution >= 0.6 is 0 Å². The second kappa shape index (κ2) is 6.93. The van der Waals surface area contributed by atoms with Crippen LogP contribution in [0.5, 0.6) is 0 Å². The summed E-state index contributed by atoms with van der Waals surface area (Å²) in [7, 11) is 0. The van der Waals surface area contributed by atoms with E-state index in [1.54, 1.807) is 6.20 Å². The molecule has 1 aliphatic rings. The first-order chi connectivity index (χ1) is 13.7. The van der Waals surface area contributed by atoms with Gasteiger partial charge in [0.1, 0.15) is 0 Å². The number of amides is 1. The lowest BCUT2D eigenvalue weighted by Gasteiger charge is -2.05. The van der Waals surface area contributed by atoms with Gasteiger partial charge in [0.2, 0.25) is 5.91 Å². The second-order valence-electron chi connectivity index (χ2n) is 7.34. The van der Waals surface area contributed by atoms with E-state index in [9.17, 15) is 4.79 Å². The summed E-state index contributed by atoms with van der Waals surface area (Å²) in [6, 6.07) is 20.3. The molecule has 1 amide bonds. The first kappa shape index (κ1) is 16.7. The van der Waals surface area contributed by atoms with Crippen molar-refractivity contribution in [1.29, 1.82) is 0 Å². The molecule has 0 saturated heterocycles. The van der Waals surface area contributed by atoms with E-state index in [2.05, 4.69) is 44.8 Å². The number of hydrogen-bond acceptors (Lipinski definition) is 3. The van der Waals surface area contributed by atoms with Crippen LogP contribution in [0.2, 0.25) is 0 Å². The maximum Gasteiger partial charge on any atom is 0.229 e. The number of aromatic amines is 1. The molecule has 0 bridgehead atoms. The van der Waals surface area contributed by atoms with Crippen molar-refractivity contribution in [2.75, 3.05) is 5.32 Å². The Hall–Kier alpha value is -3.47. The van der Waals surface area contributed by atoms with Gasteiger partial charge in [0.25, 0.3) is 0 Å². The number of pyridine rings is 1. The molecule has 0 saturated carbocycles. The van der Waals surface area contributed by atoms with E-state index >= 15 is 0 Å². The molecule has 4 aromatic rings. The van der Waals surface area contributed by atoms with Crippen molar-refractivity contribution in [3.63, 3.8) is 0 Å². The molecular formula is C23H20N4O. The molecule has 0 aliphatic heterocycles. The highest BCUT2D eigenvalue weighted by molar-refractivity contribution is 5.92. The SMILES string of the molecule is O=C(Cc1ccc2ncccc2c1)Nc1cc(C2Cc3ccccc3C2)[nH]n1. The Kier molecular flexibility index (Phi) is 4.13. The second-order valence-corrected chi connectivity index (χ2v) is 7.34. The number of hydrogen-bond donors (Lipinski definition) is 2. The quantitative estimate of drug-likeness (QED) is 0.571. The molecule has 5 rings (SSSR count). The van der Waals surface area contributed by atoms with Crippen LogP contribution in [0.3, 0.4) is 0 Å². The number of rotatable bonds is 4. The standard InChI is InChI=1S/C23H20N4O/c28-23(11-15-7-8-20-18(10-15)6-3-9-24-20)25-22-14-21(26-27-22)19-12-16-4-1-2-5-17(16)13-19/h1-10,14,19H,11-13H2,(H2,25,26,27,28). The molecule has 138 valence electrons. The smallest absolute Gasteiger partial charge is 0.229 e. The van der Waals surface area contributed by atoms with Crippen LogP contribution in [0, 0.1) is 0 Å². The number of anilines is 1. The minimum Gasteiger partial charge on any atom is -0.309 e. The van der Waals surface area contributed by atoms with Gasteiger partial charge in [0.05, 0.1) is 11.9 Å². The summed E-state index contributed by atoms with van der Waals surface area (Å²) in [5.74, 6) is 0.901. The van der Waals surface area contributed by atoms with E-state index in [-0.39, 0.29) is 5.91 Å². The van der Waals surface area contributed by atoms with Crippen LogP contribution in [-0.2, 0) is 24.1 Å². The fourth-order valence-corrected chi connectivity index (χ4v) is 4.00. The zero-order chi connectivity index (χ0) is 18.9. The molecule has 0 fully saturated rings. The number of nitrogens with zero attached hydrogens (tertiary/aromatic N) is 2. The molecule has 2 aromatic heterocycles. The molecule has 2 N–H and O–H groups in total. The Morgan fingerprint density at radius 2 is 1.86 bits per heavy atom. The Bertz CT molecular complexity index is 1140. The number of fused-ring (bicyclic) bond motifs is 2. The van der Waals surface area contributed by atoms with E-state index in [0.717, 1.165) is 35.0 Å². The third-order valence-corrected chi connectivity index (χ3v) is 5.39. The number of carbonyl (C=O) groups is 1. The van der Waals surface area contributed by atoms with E-state index < -0.39 is 0 Å². The van der Waals surface area contributed by atoms with Crippen LogP contribution < -0.4 is 5.32 Å². The lowest BCUT2D eigenvalue weighted by molar-refractivity contribution is -0.115. The molecule has 1 aliphatic carbocycles. The van der Waals surface area contributed by atoms with Crippen molar-refractivity contribution in [3.05, 3.63) is 89.2 Å². The van der Waals surface area contributed by atoms with Crippen molar-refractivity contribution in [3.8, 4) is 0 Å². The topological polar surface area (TPSA) is 70.7 Å². The number of benzene rings is 2. The molecule has 5 nitrogen and oxygen atoms in total. The molecule has 2 aromatic carbocycles. The van der Waals surface area contributed by atoms with Gasteiger partial charge in [-0.3, -0.25) is 14.9 Å². The predicted octanol–water partition coefficient (Wildman–Crippen LogP) is 4.02. The number of aromatic nitrogens is 3. The van der Waals surface area contributed by atoms with Gasteiger partial charge in [-0.05, 0) is 47.7 Å².